The molecule has 3 aliphatic rings. The highest BCUT2D eigenvalue weighted by Gasteiger charge is 2.44. The van der Waals surface area contributed by atoms with Crippen molar-refractivity contribution in [2.75, 3.05) is 24.6 Å². The van der Waals surface area contributed by atoms with Crippen LogP contribution >= 0.6 is 0 Å². The quantitative estimate of drug-likeness (QED) is 0.843. The third kappa shape index (κ3) is 3.45. The predicted molar refractivity (Wildman–Crippen MR) is 104 cm³/mol. The molecule has 1 aliphatic heterocycles. The first kappa shape index (κ1) is 17.8. The van der Waals surface area contributed by atoms with Crippen LogP contribution < -0.4 is 10.2 Å². The Morgan fingerprint density at radius 2 is 2.07 bits per heavy atom. The molecular formula is C20H28N6O2. The predicted octanol–water partition coefficient (Wildman–Crippen LogP) is 1.58. The van der Waals surface area contributed by atoms with Crippen LogP contribution in [0.5, 0.6) is 0 Å². The molecule has 0 unspecified atom stereocenters. The minimum absolute atomic E-state index is 0.0354. The fourth-order valence-corrected chi connectivity index (χ4v) is 4.92. The number of rotatable bonds is 5. The van der Waals surface area contributed by atoms with E-state index in [-0.39, 0.29) is 18.1 Å². The molecule has 3 fully saturated rings. The maximum Gasteiger partial charge on any atom is 0.217 e. The first-order chi connectivity index (χ1) is 13.6. The molecule has 150 valence electrons. The number of carbonyl (C=O) groups excluding carboxylic acids is 1. The van der Waals surface area contributed by atoms with Gasteiger partial charge in [-0.05, 0) is 56.4 Å². The van der Waals surface area contributed by atoms with Crippen molar-refractivity contribution in [1.82, 2.24) is 25.1 Å². The van der Waals surface area contributed by atoms with E-state index in [0.717, 1.165) is 55.5 Å². The molecule has 2 aromatic heterocycles. The minimum atomic E-state index is 0.0354. The average Bonchev–Trinajstić information content (AvgIpc) is 3.19. The van der Waals surface area contributed by atoms with Crippen molar-refractivity contribution < 1.29 is 9.53 Å². The van der Waals surface area contributed by atoms with Crippen LogP contribution in [0.25, 0.3) is 5.65 Å². The number of aromatic nitrogens is 4. The highest BCUT2D eigenvalue weighted by atomic mass is 16.5. The van der Waals surface area contributed by atoms with E-state index in [0.29, 0.717) is 11.8 Å². The summed E-state index contributed by atoms with van der Waals surface area (Å²) in [6.45, 7) is 6.41. The minimum Gasteiger partial charge on any atom is -0.376 e. The largest absolute Gasteiger partial charge is 0.376 e. The Labute approximate surface area is 164 Å². The maximum absolute atomic E-state index is 11.7. The van der Waals surface area contributed by atoms with Crippen molar-refractivity contribution >= 4 is 17.2 Å². The van der Waals surface area contributed by atoms with E-state index in [1.54, 1.807) is 17.8 Å². The van der Waals surface area contributed by atoms with Gasteiger partial charge in [0.15, 0.2) is 0 Å². The third-order valence-corrected chi connectivity index (χ3v) is 6.46. The third-order valence-electron chi connectivity index (χ3n) is 6.46. The Hall–Kier alpha value is -2.22. The van der Waals surface area contributed by atoms with Gasteiger partial charge >= 0.3 is 0 Å². The number of hydrogen-bond acceptors (Lipinski definition) is 6. The normalized spacial score (nSPS) is 29.9. The van der Waals surface area contributed by atoms with Crippen molar-refractivity contribution in [2.24, 2.45) is 17.8 Å². The molecule has 3 heterocycles. The number of anilines is 1. The van der Waals surface area contributed by atoms with Crippen molar-refractivity contribution in [2.45, 2.75) is 51.7 Å². The molecule has 1 amide bonds. The van der Waals surface area contributed by atoms with Gasteiger partial charge in [-0.1, -0.05) is 0 Å². The first-order valence-corrected chi connectivity index (χ1v) is 10.4. The topological polar surface area (TPSA) is 84.7 Å². The van der Waals surface area contributed by atoms with Gasteiger partial charge in [-0.2, -0.15) is 9.61 Å². The number of hydrogen-bond donors (Lipinski definition) is 1. The molecule has 8 nitrogen and oxygen atoms in total. The van der Waals surface area contributed by atoms with Crippen LogP contribution in [-0.2, 0) is 9.53 Å². The number of aryl methyl sites for hydroxylation is 1. The molecule has 4 atom stereocenters. The van der Waals surface area contributed by atoms with E-state index in [1.165, 1.54) is 12.8 Å². The van der Waals surface area contributed by atoms with Crippen LogP contribution in [-0.4, -0.2) is 57.6 Å². The van der Waals surface area contributed by atoms with Gasteiger partial charge in [-0.3, -0.25) is 4.79 Å². The number of nitrogens with one attached hydrogen (secondary N) is 1. The fraction of sp³-hybridized carbons (Fsp3) is 0.700. The Kier molecular flexibility index (Phi) is 4.45. The van der Waals surface area contributed by atoms with Crippen LogP contribution in [0.2, 0.25) is 0 Å². The lowest BCUT2D eigenvalue weighted by molar-refractivity contribution is -0.122. The summed E-state index contributed by atoms with van der Waals surface area (Å²) in [7, 11) is 0. The monoisotopic (exact) mass is 384 g/mol. The molecule has 0 aromatic carbocycles. The zero-order chi connectivity index (χ0) is 19.3. The molecule has 8 heteroatoms. The number of nitrogens with zero attached hydrogens (tertiary/aromatic N) is 5. The molecule has 2 saturated carbocycles. The Morgan fingerprint density at radius 1 is 1.29 bits per heavy atom. The first-order valence-electron chi connectivity index (χ1n) is 10.4. The average molecular weight is 384 g/mol. The van der Waals surface area contributed by atoms with Crippen LogP contribution in [0.1, 0.15) is 38.3 Å². The molecule has 1 saturated heterocycles. The van der Waals surface area contributed by atoms with E-state index >= 15 is 0 Å². The second-order valence-corrected chi connectivity index (χ2v) is 8.79. The summed E-state index contributed by atoms with van der Waals surface area (Å²) in [6.07, 6.45) is 6.33. The molecule has 5 rings (SSSR count). The lowest BCUT2D eigenvalue weighted by atomic mass is 9.77. The molecular weight excluding hydrogens is 356 g/mol. The zero-order valence-corrected chi connectivity index (χ0v) is 16.5. The highest BCUT2D eigenvalue weighted by Crippen LogP contribution is 2.41. The smallest absolute Gasteiger partial charge is 0.217 e. The number of carbonyl (C=O) groups is 1. The van der Waals surface area contributed by atoms with E-state index in [9.17, 15) is 4.79 Å². The lowest BCUT2D eigenvalue weighted by Crippen LogP contribution is -2.50. The van der Waals surface area contributed by atoms with Gasteiger partial charge < -0.3 is 15.0 Å². The molecule has 0 spiro atoms. The van der Waals surface area contributed by atoms with Gasteiger partial charge in [0, 0.05) is 26.6 Å². The van der Waals surface area contributed by atoms with E-state index in [2.05, 4.69) is 31.6 Å². The summed E-state index contributed by atoms with van der Waals surface area (Å²) < 4.78 is 8.04. The van der Waals surface area contributed by atoms with Crippen LogP contribution in [0.15, 0.2) is 12.4 Å². The Balaban J connectivity index is 1.35. The summed E-state index contributed by atoms with van der Waals surface area (Å²) >= 11 is 0. The van der Waals surface area contributed by atoms with Crippen molar-refractivity contribution in [3.8, 4) is 0 Å². The molecule has 2 aromatic rings. The highest BCUT2D eigenvalue weighted by molar-refractivity contribution is 5.73. The lowest BCUT2D eigenvalue weighted by Gasteiger charge is -2.38. The van der Waals surface area contributed by atoms with E-state index in [4.69, 9.17) is 4.74 Å². The SMILES string of the molecule is CC(=O)N[C@@H]1C[C@@H]2CN(c3cc(C)nn4cnnc34)C[C@@H]2C[C@H]1OCC1CC1. The molecule has 28 heavy (non-hydrogen) atoms. The number of amides is 1. The van der Waals surface area contributed by atoms with E-state index < -0.39 is 0 Å². The number of ether oxygens (including phenoxy) is 1. The van der Waals surface area contributed by atoms with Gasteiger partial charge in [0.1, 0.15) is 6.33 Å². The summed E-state index contributed by atoms with van der Waals surface area (Å²) in [6, 6.07) is 2.22. The van der Waals surface area contributed by atoms with Crippen LogP contribution in [0.3, 0.4) is 0 Å². The van der Waals surface area contributed by atoms with Crippen LogP contribution in [0.4, 0.5) is 5.69 Å². The van der Waals surface area contributed by atoms with Gasteiger partial charge in [-0.25, -0.2) is 0 Å². The summed E-state index contributed by atoms with van der Waals surface area (Å²) in [4.78, 5) is 14.2. The second-order valence-electron chi connectivity index (χ2n) is 8.79. The Morgan fingerprint density at radius 3 is 2.82 bits per heavy atom. The summed E-state index contributed by atoms with van der Waals surface area (Å²) in [5.41, 5.74) is 2.87. The second kappa shape index (κ2) is 6.99. The van der Waals surface area contributed by atoms with Crippen LogP contribution in [0, 0.1) is 24.7 Å². The zero-order valence-electron chi connectivity index (χ0n) is 16.5. The van der Waals surface area contributed by atoms with Crippen molar-refractivity contribution in [1.29, 1.82) is 0 Å². The van der Waals surface area contributed by atoms with Gasteiger partial charge in [0.2, 0.25) is 11.6 Å². The fourth-order valence-electron chi connectivity index (χ4n) is 4.92. The van der Waals surface area contributed by atoms with Gasteiger partial charge in [0.05, 0.1) is 23.5 Å². The van der Waals surface area contributed by atoms with Gasteiger partial charge in [0.25, 0.3) is 0 Å². The van der Waals surface area contributed by atoms with Crippen molar-refractivity contribution in [3.05, 3.63) is 18.1 Å². The van der Waals surface area contributed by atoms with Gasteiger partial charge in [-0.15, -0.1) is 10.2 Å². The van der Waals surface area contributed by atoms with Crippen molar-refractivity contribution in [3.63, 3.8) is 0 Å². The molecule has 2 aliphatic carbocycles. The standard InChI is InChI=1S/C20H28N6O2/c1-12-5-18(20-23-21-11-26(20)24-12)25-8-15-6-17(22-13(2)27)19(7-16(15)9-25)28-10-14-3-4-14/h5,11,14-17,19H,3-4,6-10H2,1-2H3,(H,22,27)/t15-,16+,17-,19-/m1/s1. The molecule has 1 N–H and O–H groups in total. The summed E-state index contributed by atoms with van der Waals surface area (Å²) in [5.74, 6) is 1.89. The summed E-state index contributed by atoms with van der Waals surface area (Å²) in [5, 5.41) is 15.9. The van der Waals surface area contributed by atoms with E-state index in [1.807, 2.05) is 6.92 Å². The molecule has 0 bridgehead atoms. The maximum atomic E-state index is 11.7. The Bertz CT molecular complexity index is 879. The number of fused-ring (bicyclic) bond motifs is 2. The molecule has 0 radical (unpaired) electrons.